The number of rotatable bonds is 7. The van der Waals surface area contributed by atoms with Crippen LogP contribution in [0.1, 0.15) is 34.3 Å². The minimum Gasteiger partial charge on any atom is -0.496 e. The van der Waals surface area contributed by atoms with Crippen LogP contribution >= 0.6 is 0 Å². The highest BCUT2D eigenvalue weighted by atomic mass is 19.4. The number of halogens is 3. The van der Waals surface area contributed by atoms with Crippen LogP contribution in [-0.2, 0) is 17.5 Å². The summed E-state index contributed by atoms with van der Waals surface area (Å²) >= 11 is 0. The van der Waals surface area contributed by atoms with E-state index in [0.29, 0.717) is 29.4 Å². The number of nitrogens with two attached hydrogens (primary N) is 1. The number of amides is 2. The van der Waals surface area contributed by atoms with Gasteiger partial charge in [0.25, 0.3) is 11.8 Å². The standard InChI is InChI=1S/C21H20F3N5O4/c1-33-16-8-15-14(7-11(16)17(25)30)28-19(29-15)27-13-6-10(2-3-12(13)21(22,23)24)9-26-18(31)20(32)4-5-20/h2-3,6-8,32H,4-5,9H2,1H3,(H2,25,30)(H,26,31)(H2,27,28,29). The van der Waals surface area contributed by atoms with Crippen LogP contribution < -0.4 is 21.1 Å². The minimum absolute atomic E-state index is 0.00681. The number of fused-ring (bicyclic) bond motifs is 1. The topological polar surface area (TPSA) is 142 Å². The van der Waals surface area contributed by atoms with E-state index in [-0.39, 0.29) is 29.5 Å². The van der Waals surface area contributed by atoms with Crippen molar-refractivity contribution in [2.45, 2.75) is 31.2 Å². The summed E-state index contributed by atoms with van der Waals surface area (Å²) in [6, 6.07) is 6.22. The van der Waals surface area contributed by atoms with Crippen molar-refractivity contribution in [1.29, 1.82) is 0 Å². The molecule has 2 amide bonds. The van der Waals surface area contributed by atoms with Crippen LogP contribution in [-0.4, -0.2) is 39.6 Å². The lowest BCUT2D eigenvalue weighted by molar-refractivity contribution is -0.137. The number of methoxy groups -OCH3 is 1. The van der Waals surface area contributed by atoms with Crippen molar-refractivity contribution in [3.63, 3.8) is 0 Å². The molecular weight excluding hydrogens is 443 g/mol. The fourth-order valence-electron chi connectivity index (χ4n) is 3.33. The van der Waals surface area contributed by atoms with Crippen LogP contribution in [0.15, 0.2) is 30.3 Å². The van der Waals surface area contributed by atoms with E-state index >= 15 is 0 Å². The first kappa shape index (κ1) is 22.4. The van der Waals surface area contributed by atoms with Crippen molar-refractivity contribution in [2.24, 2.45) is 5.73 Å². The second-order valence-corrected chi connectivity index (χ2v) is 7.74. The van der Waals surface area contributed by atoms with Gasteiger partial charge in [-0.25, -0.2) is 4.98 Å². The molecule has 12 heteroatoms. The van der Waals surface area contributed by atoms with Crippen molar-refractivity contribution in [3.8, 4) is 5.75 Å². The third-order valence-electron chi connectivity index (χ3n) is 5.31. The molecule has 1 saturated carbocycles. The van der Waals surface area contributed by atoms with Gasteiger partial charge in [-0.05, 0) is 36.6 Å². The number of nitrogens with zero attached hydrogens (tertiary/aromatic N) is 1. The molecule has 33 heavy (non-hydrogen) atoms. The molecule has 0 unspecified atom stereocenters. The highest BCUT2D eigenvalue weighted by Gasteiger charge is 2.47. The number of alkyl halides is 3. The summed E-state index contributed by atoms with van der Waals surface area (Å²) in [4.78, 5) is 30.6. The van der Waals surface area contributed by atoms with Gasteiger partial charge in [-0.15, -0.1) is 0 Å². The zero-order valence-corrected chi connectivity index (χ0v) is 17.3. The molecule has 174 valence electrons. The summed E-state index contributed by atoms with van der Waals surface area (Å²) in [5.74, 6) is -1.12. The normalized spacial score (nSPS) is 14.7. The van der Waals surface area contributed by atoms with E-state index in [4.69, 9.17) is 10.5 Å². The average molecular weight is 463 g/mol. The molecule has 0 radical (unpaired) electrons. The fourth-order valence-corrected chi connectivity index (χ4v) is 3.33. The molecule has 2 aromatic carbocycles. The molecule has 0 bridgehead atoms. The Hall–Kier alpha value is -3.80. The minimum atomic E-state index is -4.65. The third-order valence-corrected chi connectivity index (χ3v) is 5.31. The molecule has 6 N–H and O–H groups in total. The number of aromatic nitrogens is 2. The highest BCUT2D eigenvalue weighted by Crippen LogP contribution is 2.37. The first-order valence-corrected chi connectivity index (χ1v) is 9.85. The number of carbonyl (C=O) groups excluding carboxylic acids is 2. The van der Waals surface area contributed by atoms with Crippen molar-refractivity contribution in [3.05, 3.63) is 47.0 Å². The molecule has 1 aromatic heterocycles. The lowest BCUT2D eigenvalue weighted by Gasteiger charge is -2.16. The molecule has 1 aliphatic carbocycles. The van der Waals surface area contributed by atoms with Gasteiger partial charge in [0.2, 0.25) is 5.95 Å². The highest BCUT2D eigenvalue weighted by molar-refractivity contribution is 5.99. The molecule has 1 aliphatic rings. The fraction of sp³-hybridized carbons (Fsp3) is 0.286. The van der Waals surface area contributed by atoms with Gasteiger partial charge < -0.3 is 31.2 Å². The number of hydrogen-bond donors (Lipinski definition) is 5. The lowest BCUT2D eigenvalue weighted by Crippen LogP contribution is -2.35. The SMILES string of the molecule is COc1cc2[nH]c(Nc3cc(CNC(=O)C4(O)CC4)ccc3C(F)(F)F)nc2cc1C(N)=O. The number of anilines is 2. The molecule has 1 fully saturated rings. The Labute approximate surface area is 185 Å². The lowest BCUT2D eigenvalue weighted by atomic mass is 10.1. The zero-order chi connectivity index (χ0) is 24.0. The largest absolute Gasteiger partial charge is 0.496 e. The van der Waals surface area contributed by atoms with Crippen molar-refractivity contribution < 1.29 is 32.6 Å². The van der Waals surface area contributed by atoms with E-state index in [2.05, 4.69) is 20.6 Å². The summed E-state index contributed by atoms with van der Waals surface area (Å²) in [5.41, 5.74) is 3.89. The number of carbonyl (C=O) groups is 2. The summed E-state index contributed by atoms with van der Waals surface area (Å²) in [7, 11) is 1.35. The quantitative estimate of drug-likeness (QED) is 0.365. The van der Waals surface area contributed by atoms with E-state index in [1.807, 2.05) is 0 Å². The van der Waals surface area contributed by atoms with E-state index in [1.165, 1.54) is 31.4 Å². The number of imidazole rings is 1. The Bertz CT molecular complexity index is 1250. The van der Waals surface area contributed by atoms with Crippen LogP contribution in [0.4, 0.5) is 24.8 Å². The molecule has 0 saturated heterocycles. The predicted octanol–water partition coefficient (Wildman–Crippen LogP) is 2.57. The Kier molecular flexibility index (Phi) is 5.40. The molecule has 0 atom stereocenters. The van der Waals surface area contributed by atoms with Crippen LogP contribution in [0, 0.1) is 0 Å². The number of ether oxygens (including phenoxy) is 1. The molecule has 9 nitrogen and oxygen atoms in total. The Morgan fingerprint density at radius 3 is 2.61 bits per heavy atom. The zero-order valence-electron chi connectivity index (χ0n) is 17.3. The summed E-state index contributed by atoms with van der Waals surface area (Å²) in [6.07, 6.45) is -3.94. The van der Waals surface area contributed by atoms with Crippen LogP contribution in [0.3, 0.4) is 0 Å². The molecule has 3 aromatic rings. The number of nitrogens with one attached hydrogen (secondary N) is 3. The first-order valence-electron chi connectivity index (χ1n) is 9.85. The summed E-state index contributed by atoms with van der Waals surface area (Å²) in [6.45, 7) is -0.0622. The first-order chi connectivity index (χ1) is 15.5. The number of aromatic amines is 1. The summed E-state index contributed by atoms with van der Waals surface area (Å²) < 4.78 is 45.8. The van der Waals surface area contributed by atoms with Crippen molar-refractivity contribution in [2.75, 3.05) is 12.4 Å². The van der Waals surface area contributed by atoms with Crippen LogP contribution in [0.5, 0.6) is 5.75 Å². The maximum absolute atomic E-state index is 13.6. The maximum Gasteiger partial charge on any atom is 0.418 e. The smallest absolute Gasteiger partial charge is 0.418 e. The molecule has 4 rings (SSSR count). The van der Waals surface area contributed by atoms with E-state index in [0.717, 1.165) is 6.07 Å². The third kappa shape index (κ3) is 4.55. The van der Waals surface area contributed by atoms with Gasteiger partial charge in [0, 0.05) is 12.6 Å². The Morgan fingerprint density at radius 1 is 1.27 bits per heavy atom. The van der Waals surface area contributed by atoms with E-state index in [1.54, 1.807) is 0 Å². The predicted molar refractivity (Wildman–Crippen MR) is 112 cm³/mol. The molecule has 1 heterocycles. The van der Waals surface area contributed by atoms with Gasteiger partial charge >= 0.3 is 6.18 Å². The second kappa shape index (κ2) is 7.96. The number of hydrogen-bond acceptors (Lipinski definition) is 6. The Balaban J connectivity index is 1.64. The van der Waals surface area contributed by atoms with Crippen LogP contribution in [0.2, 0.25) is 0 Å². The van der Waals surface area contributed by atoms with Gasteiger partial charge in [-0.1, -0.05) is 6.07 Å². The second-order valence-electron chi connectivity index (χ2n) is 7.74. The van der Waals surface area contributed by atoms with Crippen molar-refractivity contribution >= 4 is 34.5 Å². The number of aliphatic hydroxyl groups is 1. The molecule has 0 spiro atoms. The average Bonchev–Trinajstić information content (AvgIpc) is 3.38. The van der Waals surface area contributed by atoms with E-state index < -0.39 is 29.2 Å². The number of primary amides is 1. The number of H-pyrrole nitrogens is 1. The van der Waals surface area contributed by atoms with Gasteiger partial charge in [0.1, 0.15) is 11.4 Å². The van der Waals surface area contributed by atoms with Crippen molar-refractivity contribution in [1.82, 2.24) is 15.3 Å². The summed E-state index contributed by atoms with van der Waals surface area (Å²) in [5, 5.41) is 15.0. The Morgan fingerprint density at radius 2 is 2.00 bits per heavy atom. The van der Waals surface area contributed by atoms with Gasteiger partial charge in [0.15, 0.2) is 0 Å². The van der Waals surface area contributed by atoms with Gasteiger partial charge in [0.05, 0.1) is 35.0 Å². The van der Waals surface area contributed by atoms with Gasteiger partial charge in [-0.2, -0.15) is 13.2 Å². The van der Waals surface area contributed by atoms with E-state index in [9.17, 15) is 27.9 Å². The number of benzene rings is 2. The molecular formula is C21H20F3N5O4. The van der Waals surface area contributed by atoms with Gasteiger partial charge in [-0.3, -0.25) is 9.59 Å². The molecule has 0 aliphatic heterocycles. The maximum atomic E-state index is 13.6. The van der Waals surface area contributed by atoms with Crippen LogP contribution in [0.25, 0.3) is 11.0 Å². The monoisotopic (exact) mass is 463 g/mol.